The van der Waals surface area contributed by atoms with Crippen molar-refractivity contribution in [3.8, 4) is 0 Å². The second-order valence-corrected chi connectivity index (χ2v) is 8.00. The highest BCUT2D eigenvalue weighted by molar-refractivity contribution is 5.80. The number of halogens is 1. The Labute approximate surface area is 174 Å². The quantitative estimate of drug-likeness (QED) is 0.387. The Morgan fingerprint density at radius 2 is 2.07 bits per heavy atom. The van der Waals surface area contributed by atoms with Gasteiger partial charge in [-0.3, -0.25) is 4.99 Å². The summed E-state index contributed by atoms with van der Waals surface area (Å²) in [6.45, 7) is 11.2. The van der Waals surface area contributed by atoms with Crippen LogP contribution in [0.25, 0.3) is 0 Å². The summed E-state index contributed by atoms with van der Waals surface area (Å²) >= 11 is 0. The lowest BCUT2D eigenvalue weighted by molar-refractivity contribution is 0.152. The zero-order valence-electron chi connectivity index (χ0n) is 17.9. The molecule has 2 saturated heterocycles. The molecule has 0 radical (unpaired) electrons. The van der Waals surface area contributed by atoms with Gasteiger partial charge in [0.05, 0.1) is 0 Å². The molecule has 2 N–H and O–H groups in total. The van der Waals surface area contributed by atoms with E-state index in [-0.39, 0.29) is 11.9 Å². The van der Waals surface area contributed by atoms with Crippen LogP contribution in [-0.4, -0.2) is 92.7 Å². The minimum atomic E-state index is -0.255. The number of anilines is 1. The van der Waals surface area contributed by atoms with Crippen LogP contribution in [0.4, 0.5) is 10.2 Å². The largest absolute Gasteiger partial charge is 0.357 e. The van der Waals surface area contributed by atoms with Gasteiger partial charge < -0.3 is 25.3 Å². The summed E-state index contributed by atoms with van der Waals surface area (Å²) in [6.07, 6.45) is 4.87. The van der Waals surface area contributed by atoms with E-state index in [1.54, 1.807) is 12.3 Å². The monoisotopic (exact) mass is 405 g/mol. The lowest BCUT2D eigenvalue weighted by Gasteiger charge is -2.32. The highest BCUT2D eigenvalue weighted by Gasteiger charge is 2.25. The molecule has 3 rings (SSSR count). The molecule has 0 saturated carbocycles. The Hall–Kier alpha value is -1.93. The minimum absolute atomic E-state index is 0.250. The SMILES string of the molecule is CCNC(=NCCCCN1CCN(C)CC1)NC1CCN(c2ncccc2F)C1. The predicted molar refractivity (Wildman–Crippen MR) is 117 cm³/mol. The Morgan fingerprint density at radius 3 is 2.83 bits per heavy atom. The molecule has 7 nitrogen and oxygen atoms in total. The number of likely N-dealkylation sites (N-methyl/N-ethyl adjacent to an activating group) is 1. The van der Waals surface area contributed by atoms with Gasteiger partial charge in [-0.2, -0.15) is 0 Å². The molecule has 29 heavy (non-hydrogen) atoms. The van der Waals surface area contributed by atoms with Crippen LogP contribution in [0, 0.1) is 5.82 Å². The lowest BCUT2D eigenvalue weighted by atomic mass is 10.2. The van der Waals surface area contributed by atoms with Crippen LogP contribution in [0.3, 0.4) is 0 Å². The fraction of sp³-hybridized carbons (Fsp3) is 0.714. The van der Waals surface area contributed by atoms with Crippen molar-refractivity contribution in [2.75, 3.05) is 70.9 Å². The third kappa shape index (κ3) is 6.82. The van der Waals surface area contributed by atoms with Crippen LogP contribution in [-0.2, 0) is 0 Å². The molecule has 8 heteroatoms. The molecule has 0 amide bonds. The maximum absolute atomic E-state index is 14.0. The second-order valence-electron chi connectivity index (χ2n) is 8.00. The normalized spacial score (nSPS) is 21.6. The molecular formula is C21H36FN7. The molecule has 0 aliphatic carbocycles. The fourth-order valence-electron chi connectivity index (χ4n) is 3.90. The van der Waals surface area contributed by atoms with Gasteiger partial charge >= 0.3 is 0 Å². The molecule has 2 fully saturated rings. The molecule has 0 aromatic carbocycles. The van der Waals surface area contributed by atoms with Crippen LogP contribution < -0.4 is 15.5 Å². The first-order valence-corrected chi connectivity index (χ1v) is 11.0. The lowest BCUT2D eigenvalue weighted by Crippen LogP contribution is -2.45. The Morgan fingerprint density at radius 1 is 1.24 bits per heavy atom. The van der Waals surface area contributed by atoms with Crippen LogP contribution in [0.15, 0.2) is 23.3 Å². The van der Waals surface area contributed by atoms with Gasteiger partial charge in [0.1, 0.15) is 0 Å². The van der Waals surface area contributed by atoms with Gasteiger partial charge in [-0.15, -0.1) is 0 Å². The van der Waals surface area contributed by atoms with Crippen molar-refractivity contribution in [2.45, 2.75) is 32.2 Å². The van der Waals surface area contributed by atoms with E-state index in [2.05, 4.69) is 39.4 Å². The number of unbranched alkanes of at least 4 members (excludes halogenated alkanes) is 1. The Kier molecular flexibility index (Phi) is 8.49. The molecule has 1 aromatic rings. The van der Waals surface area contributed by atoms with Gasteiger partial charge in [-0.05, 0) is 51.9 Å². The summed E-state index contributed by atoms with van der Waals surface area (Å²) < 4.78 is 14.0. The van der Waals surface area contributed by atoms with E-state index in [0.29, 0.717) is 5.82 Å². The van der Waals surface area contributed by atoms with E-state index in [4.69, 9.17) is 4.99 Å². The zero-order valence-corrected chi connectivity index (χ0v) is 17.9. The number of nitrogens with one attached hydrogen (secondary N) is 2. The smallest absolute Gasteiger partial charge is 0.191 e. The number of hydrogen-bond donors (Lipinski definition) is 2. The predicted octanol–water partition coefficient (Wildman–Crippen LogP) is 1.38. The number of aromatic nitrogens is 1. The number of rotatable bonds is 8. The first-order valence-electron chi connectivity index (χ1n) is 11.0. The highest BCUT2D eigenvalue weighted by atomic mass is 19.1. The second kappa shape index (κ2) is 11.3. The number of guanidine groups is 1. The van der Waals surface area contributed by atoms with Crippen molar-refractivity contribution in [1.29, 1.82) is 0 Å². The number of pyridine rings is 1. The van der Waals surface area contributed by atoms with Crippen molar-refractivity contribution >= 4 is 11.8 Å². The van der Waals surface area contributed by atoms with Crippen molar-refractivity contribution in [1.82, 2.24) is 25.4 Å². The van der Waals surface area contributed by atoms with Gasteiger partial charge in [0.25, 0.3) is 0 Å². The van der Waals surface area contributed by atoms with Gasteiger partial charge in [0, 0.05) is 64.6 Å². The van der Waals surface area contributed by atoms with E-state index in [1.165, 1.54) is 45.2 Å². The molecule has 3 heterocycles. The van der Waals surface area contributed by atoms with Gasteiger partial charge in [0.2, 0.25) is 0 Å². The third-order valence-electron chi connectivity index (χ3n) is 5.66. The van der Waals surface area contributed by atoms with Crippen LogP contribution >= 0.6 is 0 Å². The van der Waals surface area contributed by atoms with E-state index >= 15 is 0 Å². The third-order valence-corrected chi connectivity index (χ3v) is 5.66. The molecule has 162 valence electrons. The first kappa shape index (κ1) is 21.8. The van der Waals surface area contributed by atoms with E-state index in [0.717, 1.165) is 45.0 Å². The fourth-order valence-corrected chi connectivity index (χ4v) is 3.90. The zero-order chi connectivity index (χ0) is 20.5. The Balaban J connectivity index is 1.39. The molecular weight excluding hydrogens is 369 g/mol. The number of hydrogen-bond acceptors (Lipinski definition) is 5. The summed E-state index contributed by atoms with van der Waals surface area (Å²) in [7, 11) is 2.19. The molecule has 0 spiro atoms. The van der Waals surface area contributed by atoms with Gasteiger partial charge in [-0.25, -0.2) is 9.37 Å². The number of piperazine rings is 1. The summed E-state index contributed by atoms with van der Waals surface area (Å²) in [5.41, 5.74) is 0. The average molecular weight is 406 g/mol. The highest BCUT2D eigenvalue weighted by Crippen LogP contribution is 2.20. The summed E-state index contributed by atoms with van der Waals surface area (Å²) in [5, 5.41) is 6.85. The van der Waals surface area contributed by atoms with Crippen molar-refractivity contribution in [2.24, 2.45) is 4.99 Å². The molecule has 2 aliphatic rings. The molecule has 1 atom stereocenters. The van der Waals surface area contributed by atoms with Crippen molar-refractivity contribution < 1.29 is 4.39 Å². The first-order chi connectivity index (χ1) is 14.2. The topological polar surface area (TPSA) is 59.0 Å². The molecule has 2 aliphatic heterocycles. The average Bonchev–Trinajstić information content (AvgIpc) is 3.18. The van der Waals surface area contributed by atoms with E-state index in [1.807, 2.05) is 4.90 Å². The summed E-state index contributed by atoms with van der Waals surface area (Å²) in [6, 6.07) is 3.35. The Bertz CT molecular complexity index is 646. The van der Waals surface area contributed by atoms with Crippen molar-refractivity contribution in [3.63, 3.8) is 0 Å². The number of aliphatic imine (C=N–C) groups is 1. The van der Waals surface area contributed by atoms with Crippen LogP contribution in [0.2, 0.25) is 0 Å². The molecule has 1 aromatic heterocycles. The molecule has 0 bridgehead atoms. The minimum Gasteiger partial charge on any atom is -0.357 e. The number of nitrogens with zero attached hydrogens (tertiary/aromatic N) is 5. The maximum Gasteiger partial charge on any atom is 0.191 e. The maximum atomic E-state index is 14.0. The summed E-state index contributed by atoms with van der Waals surface area (Å²) in [4.78, 5) is 15.9. The van der Waals surface area contributed by atoms with Crippen LogP contribution in [0.1, 0.15) is 26.2 Å². The van der Waals surface area contributed by atoms with Gasteiger partial charge in [0.15, 0.2) is 17.6 Å². The standard InChI is InChI=1S/C21H36FN7/c1-3-23-21(25-9-4-5-11-28-15-13-27(2)14-16-28)26-18-8-12-29(17-18)20-19(22)7-6-10-24-20/h6-7,10,18H,3-5,8-9,11-17H2,1-2H3,(H2,23,25,26). The van der Waals surface area contributed by atoms with Crippen molar-refractivity contribution in [3.05, 3.63) is 24.1 Å². The summed E-state index contributed by atoms with van der Waals surface area (Å²) in [5.74, 6) is 1.05. The van der Waals surface area contributed by atoms with E-state index < -0.39 is 0 Å². The van der Waals surface area contributed by atoms with E-state index in [9.17, 15) is 4.39 Å². The van der Waals surface area contributed by atoms with Gasteiger partial charge in [-0.1, -0.05) is 0 Å². The molecule has 1 unspecified atom stereocenters. The van der Waals surface area contributed by atoms with Crippen LogP contribution in [0.5, 0.6) is 0 Å².